The number of Topliss-reactive ketones (excluding diaryl/α,β-unsaturated/α-hetero) is 1. The lowest BCUT2D eigenvalue weighted by molar-refractivity contribution is -0.114. The van der Waals surface area contributed by atoms with Crippen LogP contribution in [-0.2, 0) is 17.8 Å². The van der Waals surface area contributed by atoms with E-state index in [-0.39, 0.29) is 17.6 Å². The van der Waals surface area contributed by atoms with E-state index >= 15 is 0 Å². The van der Waals surface area contributed by atoms with Crippen molar-refractivity contribution in [1.29, 1.82) is 0 Å². The SMILES string of the molecule is COc1ccc2c(c1)CCN(CC1C=CN(Cc3ccccc3Cl)C=C1C(C)=O)C2=O. The average molecular weight is 437 g/mol. The zero-order valence-corrected chi connectivity index (χ0v) is 18.4. The molecule has 0 saturated heterocycles. The average Bonchev–Trinajstić information content (AvgIpc) is 2.77. The third-order valence-corrected chi connectivity index (χ3v) is 6.20. The van der Waals surface area contributed by atoms with Crippen LogP contribution in [0.2, 0.25) is 5.02 Å². The molecule has 0 saturated carbocycles. The lowest BCUT2D eigenvalue weighted by atomic mass is 9.92. The molecule has 0 aromatic heterocycles. The van der Waals surface area contributed by atoms with Gasteiger partial charge < -0.3 is 14.5 Å². The molecular weight excluding hydrogens is 412 g/mol. The molecule has 2 aromatic carbocycles. The Morgan fingerprint density at radius 3 is 2.77 bits per heavy atom. The molecule has 0 bridgehead atoms. The number of benzene rings is 2. The van der Waals surface area contributed by atoms with E-state index in [2.05, 4.69) is 0 Å². The Bertz CT molecular complexity index is 1080. The van der Waals surface area contributed by atoms with Crippen molar-refractivity contribution in [1.82, 2.24) is 9.80 Å². The number of amides is 1. The van der Waals surface area contributed by atoms with E-state index in [1.54, 1.807) is 14.0 Å². The molecule has 0 spiro atoms. The minimum absolute atomic E-state index is 0.00120. The number of halogens is 1. The number of ketones is 1. The molecule has 0 radical (unpaired) electrons. The number of hydrogen-bond donors (Lipinski definition) is 0. The molecule has 31 heavy (non-hydrogen) atoms. The zero-order valence-electron chi connectivity index (χ0n) is 17.7. The van der Waals surface area contributed by atoms with E-state index in [0.29, 0.717) is 35.8 Å². The summed E-state index contributed by atoms with van der Waals surface area (Å²) in [5.74, 6) is 0.631. The molecule has 4 rings (SSSR count). The fourth-order valence-corrected chi connectivity index (χ4v) is 4.32. The summed E-state index contributed by atoms with van der Waals surface area (Å²) < 4.78 is 5.27. The second kappa shape index (κ2) is 8.98. The summed E-state index contributed by atoms with van der Waals surface area (Å²) in [4.78, 5) is 29.2. The monoisotopic (exact) mass is 436 g/mol. The molecule has 2 aliphatic rings. The summed E-state index contributed by atoms with van der Waals surface area (Å²) in [6.07, 6.45) is 6.62. The van der Waals surface area contributed by atoms with E-state index < -0.39 is 0 Å². The van der Waals surface area contributed by atoms with Crippen LogP contribution in [0.25, 0.3) is 0 Å². The summed E-state index contributed by atoms with van der Waals surface area (Å²) >= 11 is 6.29. The van der Waals surface area contributed by atoms with Crippen molar-refractivity contribution in [3.8, 4) is 5.75 Å². The molecule has 0 fully saturated rings. The van der Waals surface area contributed by atoms with Crippen LogP contribution in [-0.4, -0.2) is 41.7 Å². The zero-order chi connectivity index (χ0) is 22.0. The van der Waals surface area contributed by atoms with Crippen LogP contribution in [0.5, 0.6) is 5.75 Å². The minimum atomic E-state index is -0.135. The fourth-order valence-electron chi connectivity index (χ4n) is 4.12. The molecule has 2 heterocycles. The number of carbonyl (C=O) groups excluding carboxylic acids is 2. The maximum absolute atomic E-state index is 13.0. The Morgan fingerprint density at radius 2 is 2.03 bits per heavy atom. The highest BCUT2D eigenvalue weighted by atomic mass is 35.5. The lowest BCUT2D eigenvalue weighted by Gasteiger charge is -2.33. The van der Waals surface area contributed by atoms with Gasteiger partial charge in [-0.25, -0.2) is 0 Å². The number of nitrogens with zero attached hydrogens (tertiary/aromatic N) is 2. The van der Waals surface area contributed by atoms with Gasteiger partial charge in [0.2, 0.25) is 0 Å². The van der Waals surface area contributed by atoms with Crippen molar-refractivity contribution < 1.29 is 14.3 Å². The molecule has 1 atom stereocenters. The summed E-state index contributed by atoms with van der Waals surface area (Å²) in [5.41, 5.74) is 3.40. The van der Waals surface area contributed by atoms with Crippen LogP contribution < -0.4 is 4.74 Å². The van der Waals surface area contributed by atoms with Crippen molar-refractivity contribution in [3.05, 3.63) is 88.2 Å². The number of rotatable bonds is 6. The normalized spacial score (nSPS) is 18.0. The molecule has 2 aliphatic heterocycles. The van der Waals surface area contributed by atoms with E-state index in [1.165, 1.54) is 0 Å². The van der Waals surface area contributed by atoms with Gasteiger partial charge in [-0.1, -0.05) is 35.9 Å². The quantitative estimate of drug-likeness (QED) is 0.670. The Labute approximate surface area is 187 Å². The van der Waals surface area contributed by atoms with Gasteiger partial charge in [0.05, 0.1) is 7.11 Å². The highest BCUT2D eigenvalue weighted by molar-refractivity contribution is 6.31. The first-order chi connectivity index (χ1) is 15.0. The van der Waals surface area contributed by atoms with Crippen molar-refractivity contribution >= 4 is 23.3 Å². The van der Waals surface area contributed by atoms with Gasteiger partial charge in [-0.2, -0.15) is 0 Å². The molecule has 0 aliphatic carbocycles. The van der Waals surface area contributed by atoms with Gasteiger partial charge in [-0.05, 0) is 48.7 Å². The molecule has 2 aromatic rings. The van der Waals surface area contributed by atoms with Crippen molar-refractivity contribution in [3.63, 3.8) is 0 Å². The van der Waals surface area contributed by atoms with Gasteiger partial charge >= 0.3 is 0 Å². The number of carbonyl (C=O) groups is 2. The Hall–Kier alpha value is -3.05. The number of hydrogen-bond acceptors (Lipinski definition) is 4. The van der Waals surface area contributed by atoms with Crippen LogP contribution in [0, 0.1) is 5.92 Å². The van der Waals surface area contributed by atoms with E-state index in [4.69, 9.17) is 16.3 Å². The first-order valence-electron chi connectivity index (χ1n) is 10.3. The minimum Gasteiger partial charge on any atom is -0.497 e. The predicted octanol–water partition coefficient (Wildman–Crippen LogP) is 4.47. The molecule has 0 N–H and O–H groups in total. The van der Waals surface area contributed by atoms with Crippen molar-refractivity contribution in [2.45, 2.75) is 19.9 Å². The Balaban J connectivity index is 1.49. The van der Waals surface area contributed by atoms with Crippen LogP contribution >= 0.6 is 11.6 Å². The summed E-state index contributed by atoms with van der Waals surface area (Å²) in [6.45, 7) is 3.26. The fraction of sp³-hybridized carbons (Fsp3) is 0.280. The number of ether oxygens (including phenoxy) is 1. The van der Waals surface area contributed by atoms with E-state index in [0.717, 1.165) is 23.3 Å². The van der Waals surface area contributed by atoms with Crippen LogP contribution in [0.4, 0.5) is 0 Å². The topological polar surface area (TPSA) is 49.9 Å². The van der Waals surface area contributed by atoms with Crippen LogP contribution in [0.3, 0.4) is 0 Å². The van der Waals surface area contributed by atoms with Crippen LogP contribution in [0.1, 0.15) is 28.4 Å². The third-order valence-electron chi connectivity index (χ3n) is 5.83. The first kappa shape index (κ1) is 21.2. The second-order valence-corrected chi connectivity index (χ2v) is 8.28. The van der Waals surface area contributed by atoms with Crippen molar-refractivity contribution in [2.75, 3.05) is 20.2 Å². The van der Waals surface area contributed by atoms with E-state index in [1.807, 2.05) is 70.7 Å². The molecule has 1 unspecified atom stereocenters. The highest BCUT2D eigenvalue weighted by Gasteiger charge is 2.29. The second-order valence-electron chi connectivity index (χ2n) is 7.88. The summed E-state index contributed by atoms with van der Waals surface area (Å²) in [5, 5.41) is 0.699. The number of methoxy groups -OCH3 is 1. The molecule has 1 amide bonds. The summed E-state index contributed by atoms with van der Waals surface area (Å²) in [6, 6.07) is 13.2. The van der Waals surface area contributed by atoms with Gasteiger partial charge in [0.1, 0.15) is 5.75 Å². The largest absolute Gasteiger partial charge is 0.497 e. The number of fused-ring (bicyclic) bond motifs is 1. The molecule has 5 nitrogen and oxygen atoms in total. The molecular formula is C25H25ClN2O3. The van der Waals surface area contributed by atoms with Gasteiger partial charge in [0.15, 0.2) is 5.78 Å². The maximum Gasteiger partial charge on any atom is 0.254 e. The van der Waals surface area contributed by atoms with Crippen LogP contribution in [0.15, 0.2) is 66.5 Å². The highest BCUT2D eigenvalue weighted by Crippen LogP contribution is 2.28. The third kappa shape index (κ3) is 4.52. The molecule has 160 valence electrons. The summed E-state index contributed by atoms with van der Waals surface area (Å²) in [7, 11) is 1.62. The Kier molecular flexibility index (Phi) is 6.14. The van der Waals surface area contributed by atoms with Gasteiger partial charge in [-0.15, -0.1) is 0 Å². The van der Waals surface area contributed by atoms with Gasteiger partial charge in [0, 0.05) is 54.1 Å². The lowest BCUT2D eigenvalue weighted by Crippen LogP contribution is -2.41. The standard InChI is InChI=1S/C25H25ClN2O3/c1-17(29)23-16-27(14-20-5-3-4-6-24(20)26)11-9-19(23)15-28-12-10-18-13-21(31-2)7-8-22(18)25(28)30/h3-9,11,13,16,19H,10,12,14-15H2,1-2H3. The van der Waals surface area contributed by atoms with Crippen molar-refractivity contribution in [2.24, 2.45) is 5.92 Å². The predicted molar refractivity (Wildman–Crippen MR) is 121 cm³/mol. The first-order valence-corrected chi connectivity index (χ1v) is 10.7. The maximum atomic E-state index is 13.0. The molecule has 6 heteroatoms. The Morgan fingerprint density at radius 1 is 1.23 bits per heavy atom. The van der Waals surface area contributed by atoms with E-state index in [9.17, 15) is 9.59 Å². The van der Waals surface area contributed by atoms with Gasteiger partial charge in [-0.3, -0.25) is 9.59 Å². The smallest absolute Gasteiger partial charge is 0.254 e. The van der Waals surface area contributed by atoms with Gasteiger partial charge in [0.25, 0.3) is 5.91 Å².